The summed E-state index contributed by atoms with van der Waals surface area (Å²) >= 11 is 1.74. The molecule has 0 aliphatic carbocycles. The van der Waals surface area contributed by atoms with Crippen molar-refractivity contribution >= 4 is 23.4 Å². The van der Waals surface area contributed by atoms with Gasteiger partial charge in [-0.15, -0.1) is 11.8 Å². The summed E-state index contributed by atoms with van der Waals surface area (Å²) in [5, 5.41) is 0. The van der Waals surface area contributed by atoms with Crippen LogP contribution in [0, 0.1) is 0 Å². The van der Waals surface area contributed by atoms with Gasteiger partial charge in [-0.3, -0.25) is 4.79 Å². The lowest BCUT2D eigenvalue weighted by atomic mass is 10.1. The molecule has 0 N–H and O–H groups in total. The maximum atomic E-state index is 12.5. The Hall–Kier alpha value is -1.74. The van der Waals surface area contributed by atoms with Crippen molar-refractivity contribution in [2.75, 3.05) is 10.7 Å². The highest BCUT2D eigenvalue weighted by atomic mass is 32.2. The van der Waals surface area contributed by atoms with Crippen molar-refractivity contribution in [3.63, 3.8) is 0 Å². The summed E-state index contributed by atoms with van der Waals surface area (Å²) in [6, 6.07) is 18.8. The second-order valence-electron chi connectivity index (χ2n) is 5.36. The summed E-state index contributed by atoms with van der Waals surface area (Å²) in [7, 11) is 0. The summed E-state index contributed by atoms with van der Waals surface area (Å²) < 4.78 is 0. The highest BCUT2D eigenvalue weighted by molar-refractivity contribution is 7.99. The standard InChI is InChI=1S/C18H19NOS/c1-14-13-15-7-5-6-10-17(15)19(14)18(20)11-12-21-16-8-3-2-4-9-16/h2-10,14H,11-13H2,1H3/t14-/m1/s1. The third-order valence-electron chi connectivity index (χ3n) is 3.80. The van der Waals surface area contributed by atoms with Crippen LogP contribution in [0.3, 0.4) is 0 Å². The van der Waals surface area contributed by atoms with Crippen molar-refractivity contribution in [1.29, 1.82) is 0 Å². The molecule has 21 heavy (non-hydrogen) atoms. The summed E-state index contributed by atoms with van der Waals surface area (Å²) in [6.45, 7) is 2.13. The number of para-hydroxylation sites is 1. The fourth-order valence-corrected chi connectivity index (χ4v) is 3.70. The first kappa shape index (κ1) is 14.2. The molecule has 0 unspecified atom stereocenters. The van der Waals surface area contributed by atoms with E-state index >= 15 is 0 Å². The van der Waals surface area contributed by atoms with E-state index in [1.165, 1.54) is 10.5 Å². The first-order valence-corrected chi connectivity index (χ1v) is 8.32. The number of carbonyl (C=O) groups is 1. The van der Waals surface area contributed by atoms with Gasteiger partial charge < -0.3 is 4.90 Å². The van der Waals surface area contributed by atoms with Crippen molar-refractivity contribution in [2.45, 2.75) is 30.7 Å². The average Bonchev–Trinajstić information content (AvgIpc) is 2.84. The largest absolute Gasteiger partial charge is 0.309 e. The molecule has 0 bridgehead atoms. The zero-order valence-electron chi connectivity index (χ0n) is 12.2. The molecule has 0 aromatic heterocycles. The van der Waals surface area contributed by atoms with E-state index in [0.717, 1.165) is 17.9 Å². The molecule has 3 heteroatoms. The summed E-state index contributed by atoms with van der Waals surface area (Å²) in [4.78, 5) is 15.7. The quantitative estimate of drug-likeness (QED) is 0.790. The van der Waals surface area contributed by atoms with Gasteiger partial charge in [0, 0.05) is 28.8 Å². The molecule has 0 saturated heterocycles. The fourth-order valence-electron chi connectivity index (χ4n) is 2.84. The molecule has 1 atom stereocenters. The lowest BCUT2D eigenvalue weighted by Crippen LogP contribution is -2.35. The molecule has 0 spiro atoms. The van der Waals surface area contributed by atoms with E-state index in [4.69, 9.17) is 0 Å². The van der Waals surface area contributed by atoms with Crippen LogP contribution in [-0.2, 0) is 11.2 Å². The van der Waals surface area contributed by atoms with Crippen molar-refractivity contribution in [3.8, 4) is 0 Å². The maximum absolute atomic E-state index is 12.5. The van der Waals surface area contributed by atoms with E-state index in [1.807, 2.05) is 35.2 Å². The zero-order chi connectivity index (χ0) is 14.7. The van der Waals surface area contributed by atoms with Gasteiger partial charge in [0.1, 0.15) is 0 Å². The highest BCUT2D eigenvalue weighted by Crippen LogP contribution is 2.32. The highest BCUT2D eigenvalue weighted by Gasteiger charge is 2.29. The summed E-state index contributed by atoms with van der Waals surface area (Å²) in [5.74, 6) is 1.06. The van der Waals surface area contributed by atoms with Crippen LogP contribution in [-0.4, -0.2) is 17.7 Å². The average molecular weight is 297 g/mol. The minimum absolute atomic E-state index is 0.232. The number of carbonyl (C=O) groups excluding carboxylic acids is 1. The minimum atomic E-state index is 0.232. The third-order valence-corrected chi connectivity index (χ3v) is 4.82. The number of thioether (sulfide) groups is 1. The molecule has 1 aliphatic heterocycles. The molecular weight excluding hydrogens is 278 g/mol. The molecule has 1 amide bonds. The Balaban J connectivity index is 1.61. The van der Waals surface area contributed by atoms with Crippen LogP contribution in [0.15, 0.2) is 59.5 Å². The number of rotatable bonds is 4. The molecule has 1 aliphatic rings. The Morgan fingerprint density at radius 1 is 1.14 bits per heavy atom. The van der Waals surface area contributed by atoms with Crippen LogP contribution in [0.2, 0.25) is 0 Å². The molecule has 3 rings (SSSR count). The SMILES string of the molecule is C[C@@H]1Cc2ccccc2N1C(=O)CCSc1ccccc1. The van der Waals surface area contributed by atoms with E-state index in [1.54, 1.807) is 11.8 Å². The molecule has 2 nitrogen and oxygen atoms in total. The van der Waals surface area contributed by atoms with Crippen molar-refractivity contribution in [1.82, 2.24) is 0 Å². The van der Waals surface area contributed by atoms with Crippen LogP contribution in [0.25, 0.3) is 0 Å². The monoisotopic (exact) mass is 297 g/mol. The second-order valence-corrected chi connectivity index (χ2v) is 6.53. The number of benzene rings is 2. The molecule has 2 aromatic carbocycles. The van der Waals surface area contributed by atoms with E-state index in [2.05, 4.69) is 31.2 Å². The van der Waals surface area contributed by atoms with Gasteiger partial charge in [-0.05, 0) is 37.1 Å². The van der Waals surface area contributed by atoms with Gasteiger partial charge in [-0.2, -0.15) is 0 Å². The summed E-state index contributed by atoms with van der Waals surface area (Å²) in [5.41, 5.74) is 2.38. The van der Waals surface area contributed by atoms with Crippen LogP contribution in [0.4, 0.5) is 5.69 Å². The van der Waals surface area contributed by atoms with Crippen molar-refractivity contribution in [2.24, 2.45) is 0 Å². The number of amides is 1. The first-order chi connectivity index (χ1) is 10.3. The zero-order valence-corrected chi connectivity index (χ0v) is 13.0. The minimum Gasteiger partial charge on any atom is -0.309 e. The van der Waals surface area contributed by atoms with Gasteiger partial charge in [-0.25, -0.2) is 0 Å². The summed E-state index contributed by atoms with van der Waals surface area (Å²) in [6.07, 6.45) is 1.55. The van der Waals surface area contributed by atoms with Gasteiger partial charge in [-0.1, -0.05) is 36.4 Å². The molecular formula is C18H19NOS. The van der Waals surface area contributed by atoms with Crippen LogP contribution >= 0.6 is 11.8 Å². The predicted octanol–water partition coefficient (Wildman–Crippen LogP) is 4.15. The number of nitrogens with zero attached hydrogens (tertiary/aromatic N) is 1. The van der Waals surface area contributed by atoms with E-state index in [0.29, 0.717) is 6.42 Å². The van der Waals surface area contributed by atoms with Gasteiger partial charge in [0.25, 0.3) is 0 Å². The molecule has 2 aromatic rings. The first-order valence-electron chi connectivity index (χ1n) is 7.33. The topological polar surface area (TPSA) is 20.3 Å². The molecule has 0 radical (unpaired) electrons. The Morgan fingerprint density at radius 2 is 1.86 bits per heavy atom. The van der Waals surface area contributed by atoms with Crippen LogP contribution in [0.1, 0.15) is 18.9 Å². The number of hydrogen-bond donors (Lipinski definition) is 0. The van der Waals surface area contributed by atoms with Crippen LogP contribution in [0.5, 0.6) is 0 Å². The number of hydrogen-bond acceptors (Lipinski definition) is 2. The van der Waals surface area contributed by atoms with Crippen molar-refractivity contribution < 1.29 is 4.79 Å². The smallest absolute Gasteiger partial charge is 0.228 e. The normalized spacial score (nSPS) is 16.8. The second kappa shape index (κ2) is 6.35. The fraction of sp³-hybridized carbons (Fsp3) is 0.278. The number of fused-ring (bicyclic) bond motifs is 1. The Bertz CT molecular complexity index is 626. The van der Waals surface area contributed by atoms with Crippen molar-refractivity contribution in [3.05, 3.63) is 60.2 Å². The molecule has 0 fully saturated rings. The molecule has 0 saturated carbocycles. The lowest BCUT2D eigenvalue weighted by molar-refractivity contribution is -0.118. The Labute approximate surface area is 130 Å². The van der Waals surface area contributed by atoms with Gasteiger partial charge in [0.15, 0.2) is 0 Å². The maximum Gasteiger partial charge on any atom is 0.228 e. The predicted molar refractivity (Wildman–Crippen MR) is 88.9 cm³/mol. The number of anilines is 1. The van der Waals surface area contributed by atoms with Gasteiger partial charge >= 0.3 is 0 Å². The molecule has 108 valence electrons. The molecule has 1 heterocycles. The lowest BCUT2D eigenvalue weighted by Gasteiger charge is -2.22. The van der Waals surface area contributed by atoms with Gasteiger partial charge in [0.2, 0.25) is 5.91 Å². The van der Waals surface area contributed by atoms with Gasteiger partial charge in [0.05, 0.1) is 0 Å². The van der Waals surface area contributed by atoms with E-state index < -0.39 is 0 Å². The van der Waals surface area contributed by atoms with Crippen LogP contribution < -0.4 is 4.90 Å². The third kappa shape index (κ3) is 3.13. The Kier molecular flexibility index (Phi) is 4.30. The van der Waals surface area contributed by atoms with E-state index in [9.17, 15) is 4.79 Å². The van der Waals surface area contributed by atoms with E-state index in [-0.39, 0.29) is 11.9 Å². The Morgan fingerprint density at radius 3 is 2.67 bits per heavy atom.